The van der Waals surface area contributed by atoms with Gasteiger partial charge in [0.1, 0.15) is 0 Å². The lowest BCUT2D eigenvalue weighted by Gasteiger charge is -2.10. The van der Waals surface area contributed by atoms with Crippen LogP contribution in [0.5, 0.6) is 0 Å². The number of aliphatic hydroxyl groups is 1. The summed E-state index contributed by atoms with van der Waals surface area (Å²) in [5, 5.41) is 9.11. The van der Waals surface area contributed by atoms with Crippen LogP contribution in [0.1, 0.15) is 16.8 Å². The van der Waals surface area contributed by atoms with Gasteiger partial charge in [-0.3, -0.25) is 4.98 Å². The summed E-state index contributed by atoms with van der Waals surface area (Å²) < 4.78 is 27.6. The first-order valence-electron chi connectivity index (χ1n) is 6.23. The predicted octanol–water partition coefficient (Wildman–Crippen LogP) is 2.12. The Bertz CT molecular complexity index is 730. The summed E-state index contributed by atoms with van der Waals surface area (Å²) in [4.78, 5) is 4.23. The second-order valence-electron chi connectivity index (χ2n) is 4.56. The van der Waals surface area contributed by atoms with E-state index in [2.05, 4.69) is 25.6 Å². The molecule has 2 rings (SSSR count). The Labute approximate surface area is 132 Å². The van der Waals surface area contributed by atoms with E-state index in [1.54, 1.807) is 18.3 Å². The average molecular weight is 371 g/mol. The zero-order valence-electron chi connectivity index (χ0n) is 11.4. The molecule has 1 aromatic carbocycles. The van der Waals surface area contributed by atoms with Crippen molar-refractivity contribution in [1.29, 1.82) is 0 Å². The van der Waals surface area contributed by atoms with Crippen LogP contribution in [0.4, 0.5) is 0 Å². The number of pyridine rings is 1. The van der Waals surface area contributed by atoms with E-state index >= 15 is 0 Å². The molecule has 0 saturated carbocycles. The lowest BCUT2D eigenvalue weighted by Crippen LogP contribution is -2.23. The molecule has 0 aliphatic carbocycles. The first kappa shape index (κ1) is 16.1. The molecule has 5 nitrogen and oxygen atoms in total. The van der Waals surface area contributed by atoms with Crippen LogP contribution < -0.4 is 4.72 Å². The standard InChI is InChI=1S/C14H15BrN2O3S/c1-10-2-3-12(7-16-10)8-17-21(19,20)14-6-11(9-18)4-5-13(14)15/h2-7,17-18H,8-9H2,1H3. The number of aliphatic hydroxyl groups excluding tert-OH is 1. The van der Waals surface area contributed by atoms with Crippen molar-refractivity contribution in [3.05, 3.63) is 57.8 Å². The third-order valence-corrected chi connectivity index (χ3v) is 5.30. The van der Waals surface area contributed by atoms with Gasteiger partial charge < -0.3 is 5.11 Å². The van der Waals surface area contributed by atoms with Gasteiger partial charge in [0.05, 0.1) is 11.5 Å². The molecule has 0 atom stereocenters. The molecule has 21 heavy (non-hydrogen) atoms. The second-order valence-corrected chi connectivity index (χ2v) is 7.14. The smallest absolute Gasteiger partial charge is 0.242 e. The minimum atomic E-state index is -3.67. The molecule has 2 N–H and O–H groups in total. The van der Waals surface area contributed by atoms with Crippen molar-refractivity contribution in [1.82, 2.24) is 9.71 Å². The third kappa shape index (κ3) is 4.10. The van der Waals surface area contributed by atoms with Gasteiger partial charge in [-0.05, 0) is 52.2 Å². The van der Waals surface area contributed by atoms with Gasteiger partial charge in [0.2, 0.25) is 10.0 Å². The number of aryl methyl sites for hydroxylation is 1. The zero-order valence-corrected chi connectivity index (χ0v) is 13.8. The first-order chi connectivity index (χ1) is 9.92. The van der Waals surface area contributed by atoms with E-state index in [0.29, 0.717) is 10.0 Å². The summed E-state index contributed by atoms with van der Waals surface area (Å²) in [5.74, 6) is 0. The van der Waals surface area contributed by atoms with Crippen LogP contribution in [0.15, 0.2) is 45.9 Å². The Morgan fingerprint density at radius 2 is 1.95 bits per heavy atom. The van der Waals surface area contributed by atoms with Crippen LogP contribution in [0, 0.1) is 6.92 Å². The molecule has 0 aliphatic rings. The number of rotatable bonds is 5. The summed E-state index contributed by atoms with van der Waals surface area (Å²) in [6.07, 6.45) is 1.64. The second kappa shape index (κ2) is 6.65. The fourth-order valence-corrected chi connectivity index (χ4v) is 3.74. The largest absolute Gasteiger partial charge is 0.392 e. The molecule has 0 amide bonds. The molecule has 0 unspecified atom stereocenters. The molecule has 0 radical (unpaired) electrons. The predicted molar refractivity (Wildman–Crippen MR) is 83.1 cm³/mol. The van der Waals surface area contributed by atoms with Gasteiger partial charge in [-0.1, -0.05) is 12.1 Å². The zero-order chi connectivity index (χ0) is 15.5. The number of hydrogen-bond acceptors (Lipinski definition) is 4. The number of nitrogens with zero attached hydrogens (tertiary/aromatic N) is 1. The summed E-state index contributed by atoms with van der Waals surface area (Å²) >= 11 is 3.22. The van der Waals surface area contributed by atoms with Crippen LogP contribution in [0.25, 0.3) is 0 Å². The molecule has 2 aromatic rings. The maximum atomic E-state index is 12.3. The van der Waals surface area contributed by atoms with Crippen LogP contribution in [-0.4, -0.2) is 18.5 Å². The molecular formula is C14H15BrN2O3S. The lowest BCUT2D eigenvalue weighted by molar-refractivity contribution is 0.281. The van der Waals surface area contributed by atoms with Gasteiger partial charge in [0.25, 0.3) is 0 Å². The van der Waals surface area contributed by atoms with E-state index in [1.807, 2.05) is 19.1 Å². The molecule has 0 fully saturated rings. The third-order valence-electron chi connectivity index (χ3n) is 2.91. The lowest BCUT2D eigenvalue weighted by atomic mass is 10.2. The van der Waals surface area contributed by atoms with Gasteiger partial charge in [-0.25, -0.2) is 13.1 Å². The molecule has 1 aromatic heterocycles. The van der Waals surface area contributed by atoms with Crippen LogP contribution in [0.2, 0.25) is 0 Å². The van der Waals surface area contributed by atoms with Crippen molar-refractivity contribution in [2.75, 3.05) is 0 Å². The highest BCUT2D eigenvalue weighted by Crippen LogP contribution is 2.23. The van der Waals surface area contributed by atoms with Gasteiger partial charge in [0, 0.05) is 22.9 Å². The number of sulfonamides is 1. The fraction of sp³-hybridized carbons (Fsp3) is 0.214. The van der Waals surface area contributed by atoms with E-state index < -0.39 is 10.0 Å². The molecule has 0 bridgehead atoms. The molecule has 1 heterocycles. The number of halogens is 1. The number of hydrogen-bond donors (Lipinski definition) is 2. The Balaban J connectivity index is 2.20. The quantitative estimate of drug-likeness (QED) is 0.844. The average Bonchev–Trinajstić information content (AvgIpc) is 2.47. The number of benzene rings is 1. The van der Waals surface area contributed by atoms with Crippen LogP contribution in [-0.2, 0) is 23.2 Å². The summed E-state index contributed by atoms with van der Waals surface area (Å²) in [6.45, 7) is 1.81. The topological polar surface area (TPSA) is 79.3 Å². The van der Waals surface area contributed by atoms with Crippen LogP contribution in [0.3, 0.4) is 0 Å². The van der Waals surface area contributed by atoms with Crippen molar-refractivity contribution >= 4 is 26.0 Å². The number of nitrogens with one attached hydrogen (secondary N) is 1. The van der Waals surface area contributed by atoms with E-state index in [9.17, 15) is 8.42 Å². The van der Waals surface area contributed by atoms with Crippen LogP contribution >= 0.6 is 15.9 Å². The Morgan fingerprint density at radius 3 is 2.57 bits per heavy atom. The normalized spacial score (nSPS) is 11.6. The van der Waals surface area contributed by atoms with Crippen molar-refractivity contribution in [3.63, 3.8) is 0 Å². The molecule has 0 spiro atoms. The van der Waals surface area contributed by atoms with E-state index in [-0.39, 0.29) is 18.0 Å². The molecule has 112 valence electrons. The SMILES string of the molecule is Cc1ccc(CNS(=O)(=O)c2cc(CO)ccc2Br)cn1. The van der Waals surface area contributed by atoms with E-state index in [4.69, 9.17) is 5.11 Å². The van der Waals surface area contributed by atoms with Crippen molar-refractivity contribution in [3.8, 4) is 0 Å². The van der Waals surface area contributed by atoms with Crippen molar-refractivity contribution in [2.24, 2.45) is 0 Å². The molecule has 0 aliphatic heterocycles. The summed E-state index contributed by atoms with van der Waals surface area (Å²) in [6, 6.07) is 8.36. The first-order valence-corrected chi connectivity index (χ1v) is 8.50. The van der Waals surface area contributed by atoms with Crippen molar-refractivity contribution in [2.45, 2.75) is 25.0 Å². The highest BCUT2D eigenvalue weighted by molar-refractivity contribution is 9.10. The van der Waals surface area contributed by atoms with Gasteiger partial charge in [-0.2, -0.15) is 0 Å². The Kier molecular flexibility index (Phi) is 5.10. The molecule has 7 heteroatoms. The molecule has 0 saturated heterocycles. The Morgan fingerprint density at radius 1 is 1.24 bits per heavy atom. The monoisotopic (exact) mass is 370 g/mol. The highest BCUT2D eigenvalue weighted by Gasteiger charge is 2.18. The Hall–Kier alpha value is -1.28. The molecular weight excluding hydrogens is 356 g/mol. The van der Waals surface area contributed by atoms with Gasteiger partial charge >= 0.3 is 0 Å². The minimum Gasteiger partial charge on any atom is -0.392 e. The number of aromatic nitrogens is 1. The highest BCUT2D eigenvalue weighted by atomic mass is 79.9. The summed E-state index contributed by atoms with van der Waals surface area (Å²) in [7, 11) is -3.67. The maximum absolute atomic E-state index is 12.3. The summed E-state index contributed by atoms with van der Waals surface area (Å²) in [5.41, 5.74) is 2.19. The maximum Gasteiger partial charge on any atom is 0.242 e. The van der Waals surface area contributed by atoms with Gasteiger partial charge in [-0.15, -0.1) is 0 Å². The fourth-order valence-electron chi connectivity index (χ4n) is 1.71. The van der Waals surface area contributed by atoms with E-state index in [1.165, 1.54) is 6.07 Å². The van der Waals surface area contributed by atoms with E-state index in [0.717, 1.165) is 11.3 Å². The van der Waals surface area contributed by atoms with Gasteiger partial charge in [0.15, 0.2) is 0 Å². The van der Waals surface area contributed by atoms with Crippen molar-refractivity contribution < 1.29 is 13.5 Å². The minimum absolute atomic E-state index is 0.106.